The maximum atomic E-state index is 12.9. The fraction of sp³-hybridized carbons (Fsp3) is 0.222. The van der Waals surface area contributed by atoms with Crippen molar-refractivity contribution < 1.29 is 9.32 Å². The second-order valence-corrected chi connectivity index (χ2v) is 7.09. The average molecular weight is 359 g/mol. The zero-order valence-corrected chi connectivity index (χ0v) is 14.4. The van der Waals surface area contributed by atoms with Crippen molar-refractivity contribution in [2.75, 3.05) is 6.54 Å². The van der Waals surface area contributed by atoms with Crippen LogP contribution in [0.2, 0.25) is 5.02 Å². The van der Waals surface area contributed by atoms with E-state index in [1.807, 2.05) is 46.7 Å². The lowest BCUT2D eigenvalue weighted by Crippen LogP contribution is -2.30. The first-order valence-corrected chi connectivity index (χ1v) is 9.06. The van der Waals surface area contributed by atoms with Gasteiger partial charge in [-0.15, -0.1) is 11.3 Å². The van der Waals surface area contributed by atoms with E-state index in [4.69, 9.17) is 16.1 Å². The zero-order valence-electron chi connectivity index (χ0n) is 12.8. The van der Waals surface area contributed by atoms with Crippen molar-refractivity contribution in [1.29, 1.82) is 0 Å². The Labute approximate surface area is 148 Å². The standard InChI is InChI=1S/C18H15ClN2O2S/c19-13-6-2-1-5-12(13)15-7-3-9-21(15)18(22)14-11-16(23-20-14)17-8-4-10-24-17/h1-2,4-6,8,10-11,15H,3,7,9H2/t15-/m1/s1. The van der Waals surface area contributed by atoms with Gasteiger partial charge in [-0.2, -0.15) is 0 Å². The molecule has 1 amide bonds. The lowest BCUT2D eigenvalue weighted by atomic mass is 10.0. The number of carbonyl (C=O) groups excluding carboxylic acids is 1. The van der Waals surface area contributed by atoms with Crippen molar-refractivity contribution in [2.45, 2.75) is 18.9 Å². The Morgan fingerprint density at radius 2 is 2.17 bits per heavy atom. The summed E-state index contributed by atoms with van der Waals surface area (Å²) < 4.78 is 5.34. The summed E-state index contributed by atoms with van der Waals surface area (Å²) in [6, 6.07) is 13.3. The highest BCUT2D eigenvalue weighted by Crippen LogP contribution is 2.36. The SMILES string of the molecule is O=C(c1cc(-c2cccs2)on1)N1CCC[C@@H]1c1ccccc1Cl. The van der Waals surface area contributed by atoms with Crippen LogP contribution in [0.1, 0.15) is 34.9 Å². The highest BCUT2D eigenvalue weighted by atomic mass is 35.5. The smallest absolute Gasteiger partial charge is 0.276 e. The number of halogens is 1. The van der Waals surface area contributed by atoms with E-state index in [0.717, 1.165) is 23.3 Å². The van der Waals surface area contributed by atoms with Crippen molar-refractivity contribution in [3.8, 4) is 10.6 Å². The van der Waals surface area contributed by atoms with Gasteiger partial charge >= 0.3 is 0 Å². The quantitative estimate of drug-likeness (QED) is 0.659. The molecule has 0 bridgehead atoms. The minimum atomic E-state index is -0.107. The summed E-state index contributed by atoms with van der Waals surface area (Å²) in [4.78, 5) is 15.7. The summed E-state index contributed by atoms with van der Waals surface area (Å²) in [6.07, 6.45) is 1.86. The molecule has 0 radical (unpaired) electrons. The Morgan fingerprint density at radius 3 is 2.96 bits per heavy atom. The number of amides is 1. The molecule has 2 aromatic heterocycles. The van der Waals surface area contributed by atoms with E-state index in [9.17, 15) is 4.79 Å². The van der Waals surface area contributed by atoms with Gasteiger partial charge < -0.3 is 9.42 Å². The summed E-state index contributed by atoms with van der Waals surface area (Å²) in [6.45, 7) is 0.704. The molecule has 1 atom stereocenters. The van der Waals surface area contributed by atoms with Crippen molar-refractivity contribution in [2.24, 2.45) is 0 Å². The highest BCUT2D eigenvalue weighted by molar-refractivity contribution is 7.13. The van der Waals surface area contributed by atoms with Gasteiger partial charge in [0.2, 0.25) is 0 Å². The maximum absolute atomic E-state index is 12.9. The molecule has 3 aromatic rings. The van der Waals surface area contributed by atoms with Gasteiger partial charge in [0.1, 0.15) is 0 Å². The Morgan fingerprint density at radius 1 is 1.29 bits per heavy atom. The molecule has 0 saturated carbocycles. The monoisotopic (exact) mass is 358 g/mol. The fourth-order valence-electron chi connectivity index (χ4n) is 3.14. The van der Waals surface area contributed by atoms with Gasteiger partial charge in [0.25, 0.3) is 5.91 Å². The Bertz CT molecular complexity index is 860. The van der Waals surface area contributed by atoms with Crippen molar-refractivity contribution in [3.63, 3.8) is 0 Å². The number of carbonyl (C=O) groups is 1. The zero-order chi connectivity index (χ0) is 16.5. The number of likely N-dealkylation sites (tertiary alicyclic amines) is 1. The number of aromatic nitrogens is 1. The minimum Gasteiger partial charge on any atom is -0.355 e. The van der Waals surface area contributed by atoms with Gasteiger partial charge in [0.05, 0.1) is 10.9 Å². The van der Waals surface area contributed by atoms with E-state index < -0.39 is 0 Å². The third-order valence-electron chi connectivity index (χ3n) is 4.27. The molecule has 0 aliphatic carbocycles. The molecule has 24 heavy (non-hydrogen) atoms. The van der Waals surface area contributed by atoms with Crippen LogP contribution >= 0.6 is 22.9 Å². The predicted octanol–water partition coefficient (Wildman–Crippen LogP) is 5.03. The molecule has 6 heteroatoms. The van der Waals surface area contributed by atoms with Crippen LogP contribution in [0.5, 0.6) is 0 Å². The molecular weight excluding hydrogens is 344 g/mol. The van der Waals surface area contributed by atoms with E-state index in [2.05, 4.69) is 5.16 Å². The van der Waals surface area contributed by atoms with Crippen molar-refractivity contribution in [3.05, 3.63) is 64.1 Å². The summed E-state index contributed by atoms with van der Waals surface area (Å²) in [5.41, 5.74) is 1.34. The van der Waals surface area contributed by atoms with Gasteiger partial charge in [-0.3, -0.25) is 4.79 Å². The molecule has 1 fully saturated rings. The van der Waals surface area contributed by atoms with E-state index in [1.165, 1.54) is 0 Å². The summed E-state index contributed by atoms with van der Waals surface area (Å²) >= 11 is 7.88. The van der Waals surface area contributed by atoms with Crippen LogP contribution in [-0.4, -0.2) is 22.5 Å². The molecule has 0 spiro atoms. The first-order chi connectivity index (χ1) is 11.7. The highest BCUT2D eigenvalue weighted by Gasteiger charge is 2.33. The second-order valence-electron chi connectivity index (χ2n) is 5.73. The van der Waals surface area contributed by atoms with Crippen LogP contribution in [0.4, 0.5) is 0 Å². The van der Waals surface area contributed by atoms with Gasteiger partial charge in [-0.1, -0.05) is 41.0 Å². The number of nitrogens with zero attached hydrogens (tertiary/aromatic N) is 2. The van der Waals surface area contributed by atoms with Crippen LogP contribution in [0.25, 0.3) is 10.6 Å². The molecule has 1 saturated heterocycles. The van der Waals surface area contributed by atoms with Crippen molar-refractivity contribution >= 4 is 28.8 Å². The molecule has 4 rings (SSSR count). The Kier molecular flexibility index (Phi) is 4.12. The molecule has 0 N–H and O–H groups in total. The fourth-order valence-corrected chi connectivity index (χ4v) is 4.07. The second kappa shape index (κ2) is 6.42. The number of hydrogen-bond donors (Lipinski definition) is 0. The number of benzene rings is 1. The van der Waals surface area contributed by atoms with Crippen LogP contribution < -0.4 is 0 Å². The van der Waals surface area contributed by atoms with Gasteiger partial charge in [-0.25, -0.2) is 0 Å². The van der Waals surface area contributed by atoms with E-state index in [1.54, 1.807) is 17.4 Å². The van der Waals surface area contributed by atoms with E-state index >= 15 is 0 Å². The summed E-state index contributed by atoms with van der Waals surface area (Å²) in [7, 11) is 0. The molecule has 1 aromatic carbocycles. The van der Waals surface area contributed by atoms with Crippen LogP contribution in [0, 0.1) is 0 Å². The molecule has 4 nitrogen and oxygen atoms in total. The predicted molar refractivity (Wildman–Crippen MR) is 94.3 cm³/mol. The number of hydrogen-bond acceptors (Lipinski definition) is 4. The van der Waals surface area contributed by atoms with E-state index in [-0.39, 0.29) is 11.9 Å². The van der Waals surface area contributed by atoms with Gasteiger partial charge in [0.15, 0.2) is 11.5 Å². The lowest BCUT2D eigenvalue weighted by molar-refractivity contribution is 0.0725. The number of rotatable bonds is 3. The molecule has 0 unspecified atom stereocenters. The Balaban J connectivity index is 1.61. The van der Waals surface area contributed by atoms with Crippen molar-refractivity contribution in [1.82, 2.24) is 10.1 Å². The summed E-state index contributed by atoms with van der Waals surface area (Å²) in [5.74, 6) is 0.519. The lowest BCUT2D eigenvalue weighted by Gasteiger charge is -2.24. The van der Waals surface area contributed by atoms with Gasteiger partial charge in [-0.05, 0) is 35.9 Å². The third-order valence-corrected chi connectivity index (χ3v) is 5.50. The average Bonchev–Trinajstić information content (AvgIpc) is 3.34. The largest absolute Gasteiger partial charge is 0.355 e. The normalized spacial score (nSPS) is 17.4. The molecule has 3 heterocycles. The topological polar surface area (TPSA) is 46.3 Å². The Hall–Kier alpha value is -2.11. The molecule has 1 aliphatic heterocycles. The minimum absolute atomic E-state index is 0.00640. The van der Waals surface area contributed by atoms with E-state index in [0.29, 0.717) is 23.0 Å². The maximum Gasteiger partial charge on any atom is 0.276 e. The first kappa shape index (κ1) is 15.4. The van der Waals surface area contributed by atoms with Crippen LogP contribution in [-0.2, 0) is 0 Å². The molecule has 122 valence electrons. The number of thiophene rings is 1. The molecule has 1 aliphatic rings. The summed E-state index contributed by atoms with van der Waals surface area (Å²) in [5, 5.41) is 6.64. The third kappa shape index (κ3) is 2.74. The first-order valence-electron chi connectivity index (χ1n) is 7.80. The molecular formula is C18H15ClN2O2S. The van der Waals surface area contributed by atoms with Crippen LogP contribution in [0.3, 0.4) is 0 Å². The van der Waals surface area contributed by atoms with Gasteiger partial charge in [0, 0.05) is 17.6 Å². The van der Waals surface area contributed by atoms with Crippen LogP contribution in [0.15, 0.2) is 52.4 Å².